The van der Waals surface area contributed by atoms with Crippen molar-refractivity contribution in [3.8, 4) is 28.1 Å². The number of aromatic nitrogens is 2. The number of pyridine rings is 1. The number of piperidine rings is 1. The van der Waals surface area contributed by atoms with Gasteiger partial charge in [0.15, 0.2) is 11.6 Å². The zero-order valence-corrected chi connectivity index (χ0v) is 24.1. The fourth-order valence-electron chi connectivity index (χ4n) is 6.15. The molecule has 7 nitrogen and oxygen atoms in total. The molecule has 0 aliphatic carbocycles. The molecule has 224 valence electrons. The number of nitrogens with one attached hydrogen (secondary N) is 1. The van der Waals surface area contributed by atoms with Gasteiger partial charge in [0.1, 0.15) is 5.75 Å². The van der Waals surface area contributed by atoms with Crippen LogP contribution < -0.4 is 0 Å². The van der Waals surface area contributed by atoms with E-state index < -0.39 is 23.0 Å². The molecule has 3 aromatic carbocycles. The molecule has 2 aromatic heterocycles. The Balaban J connectivity index is 1.26. The van der Waals surface area contributed by atoms with Crippen LogP contribution in [0.4, 0.5) is 8.78 Å². The Labute approximate surface area is 253 Å². The van der Waals surface area contributed by atoms with Crippen LogP contribution in [0.15, 0.2) is 85.2 Å². The number of likely N-dealkylation sites (tertiary alicyclic amines) is 1. The normalized spacial score (nSPS) is 14.5. The molecule has 0 radical (unpaired) electrons. The molecule has 1 aliphatic heterocycles. The summed E-state index contributed by atoms with van der Waals surface area (Å²) in [7, 11) is 1.31. The van der Waals surface area contributed by atoms with Crippen LogP contribution in [-0.2, 0) is 27.2 Å². The predicted octanol–water partition coefficient (Wildman–Crippen LogP) is 6.45. The number of methoxy groups -OCH3 is 1. The van der Waals surface area contributed by atoms with Gasteiger partial charge in [0.05, 0.1) is 30.7 Å². The van der Waals surface area contributed by atoms with E-state index in [4.69, 9.17) is 4.74 Å². The van der Waals surface area contributed by atoms with E-state index in [9.17, 15) is 23.5 Å². The predicted molar refractivity (Wildman–Crippen MR) is 163 cm³/mol. The van der Waals surface area contributed by atoms with Gasteiger partial charge in [-0.2, -0.15) is 0 Å². The van der Waals surface area contributed by atoms with Crippen molar-refractivity contribution in [2.24, 2.45) is 5.41 Å². The van der Waals surface area contributed by atoms with E-state index >= 15 is 0 Å². The monoisotopic (exact) mass is 595 g/mol. The third-order valence-corrected chi connectivity index (χ3v) is 8.60. The topological polar surface area (TPSA) is 95.5 Å². The number of halogens is 2. The summed E-state index contributed by atoms with van der Waals surface area (Å²) >= 11 is 0. The second-order valence-corrected chi connectivity index (χ2v) is 11.3. The number of aromatic amines is 1. The maximum Gasteiger partial charge on any atom is 0.312 e. The molecule has 0 atom stereocenters. The van der Waals surface area contributed by atoms with E-state index in [2.05, 4.69) is 9.97 Å². The highest BCUT2D eigenvalue weighted by Gasteiger charge is 2.43. The van der Waals surface area contributed by atoms with Gasteiger partial charge in [-0.25, -0.2) is 8.78 Å². The smallest absolute Gasteiger partial charge is 0.312 e. The first-order chi connectivity index (χ1) is 21.3. The van der Waals surface area contributed by atoms with Crippen LogP contribution in [0, 0.1) is 17.0 Å². The highest BCUT2D eigenvalue weighted by Crippen LogP contribution is 2.38. The number of fused-ring (bicyclic) bond motifs is 1. The Morgan fingerprint density at radius 1 is 0.977 bits per heavy atom. The molecule has 9 heteroatoms. The van der Waals surface area contributed by atoms with Crippen molar-refractivity contribution in [1.29, 1.82) is 0 Å². The fourth-order valence-corrected chi connectivity index (χ4v) is 6.15. The summed E-state index contributed by atoms with van der Waals surface area (Å²) < 4.78 is 32.5. The maximum atomic E-state index is 13.9. The Morgan fingerprint density at radius 2 is 1.77 bits per heavy atom. The first-order valence-corrected chi connectivity index (χ1v) is 14.4. The quantitative estimate of drug-likeness (QED) is 0.211. The number of phenols is 1. The minimum Gasteiger partial charge on any atom is -0.507 e. The van der Waals surface area contributed by atoms with E-state index in [1.807, 2.05) is 42.5 Å². The minimum absolute atomic E-state index is 0.0920. The van der Waals surface area contributed by atoms with Crippen molar-refractivity contribution in [3.63, 3.8) is 0 Å². The number of nitrogens with zero attached hydrogens (tertiary/aromatic N) is 2. The molecule has 1 amide bonds. The van der Waals surface area contributed by atoms with Crippen LogP contribution in [0.5, 0.6) is 5.75 Å². The van der Waals surface area contributed by atoms with Gasteiger partial charge in [-0.15, -0.1) is 0 Å². The zero-order chi connectivity index (χ0) is 30.8. The number of phenolic OH excluding ortho intramolecular Hbond substituents is 1. The molecule has 0 saturated carbocycles. The molecular weight excluding hydrogens is 564 g/mol. The second-order valence-electron chi connectivity index (χ2n) is 11.3. The number of benzene rings is 3. The van der Waals surface area contributed by atoms with Gasteiger partial charge in [-0.3, -0.25) is 14.6 Å². The van der Waals surface area contributed by atoms with Gasteiger partial charge in [0.2, 0.25) is 5.91 Å². The largest absolute Gasteiger partial charge is 0.507 e. The average Bonchev–Trinajstić information content (AvgIpc) is 3.47. The summed E-state index contributed by atoms with van der Waals surface area (Å²) in [5.41, 5.74) is 4.36. The highest BCUT2D eigenvalue weighted by atomic mass is 19.2. The van der Waals surface area contributed by atoms with Crippen LogP contribution in [-0.4, -0.2) is 52.1 Å². The van der Waals surface area contributed by atoms with Crippen molar-refractivity contribution in [1.82, 2.24) is 14.9 Å². The Morgan fingerprint density at radius 3 is 2.50 bits per heavy atom. The van der Waals surface area contributed by atoms with Gasteiger partial charge in [-0.05, 0) is 72.4 Å². The lowest BCUT2D eigenvalue weighted by molar-refractivity contribution is -0.157. The number of carbonyl (C=O) groups excluding carboxylic acids is 2. The van der Waals surface area contributed by atoms with Gasteiger partial charge >= 0.3 is 5.97 Å². The number of esters is 1. The number of rotatable bonds is 7. The van der Waals surface area contributed by atoms with Crippen LogP contribution >= 0.6 is 0 Å². The van der Waals surface area contributed by atoms with E-state index in [0.717, 1.165) is 45.4 Å². The molecule has 6 rings (SSSR count). The number of H-pyrrole nitrogens is 1. The van der Waals surface area contributed by atoms with Gasteiger partial charge in [-0.1, -0.05) is 36.4 Å². The minimum atomic E-state index is -0.967. The van der Waals surface area contributed by atoms with Crippen LogP contribution in [0.25, 0.3) is 33.3 Å². The third-order valence-electron chi connectivity index (χ3n) is 8.60. The second kappa shape index (κ2) is 11.9. The standard InChI is InChI=1S/C35H31F2N3O4/c1-44-34(43)35(20-22-6-9-28(36)29(37)16-22)11-14-40(15-12-35)33(42)19-24-8-7-23(26-4-2-3-5-32(26)41)17-27(24)30-18-25-10-13-38-21-31(25)39-30/h2-10,13,16-18,21,39,41H,11-12,14-15,19-20H2,1H3. The number of hydrogen-bond acceptors (Lipinski definition) is 5. The molecule has 1 aliphatic rings. The number of ether oxygens (including phenoxy) is 1. The van der Waals surface area contributed by atoms with Crippen molar-refractivity contribution < 1.29 is 28.2 Å². The first-order valence-electron chi connectivity index (χ1n) is 14.4. The van der Waals surface area contributed by atoms with Crippen molar-refractivity contribution >= 4 is 22.8 Å². The highest BCUT2D eigenvalue weighted by molar-refractivity contribution is 5.89. The summed E-state index contributed by atoms with van der Waals surface area (Å²) in [6.07, 6.45) is 4.44. The SMILES string of the molecule is COC(=O)C1(Cc2ccc(F)c(F)c2)CCN(C(=O)Cc2ccc(-c3ccccc3O)cc2-c2cc3ccncc3[nH]2)CC1. The summed E-state index contributed by atoms with van der Waals surface area (Å²) in [4.78, 5) is 36.0. The molecule has 0 spiro atoms. The third kappa shape index (κ3) is 5.65. The number of carbonyl (C=O) groups is 2. The number of para-hydroxylation sites is 1. The fraction of sp³-hybridized carbons (Fsp3) is 0.229. The zero-order valence-electron chi connectivity index (χ0n) is 24.1. The molecule has 2 N–H and O–H groups in total. The molecule has 0 unspecified atom stereocenters. The molecule has 0 bridgehead atoms. The molecule has 44 heavy (non-hydrogen) atoms. The Hall–Kier alpha value is -5.05. The van der Waals surface area contributed by atoms with Crippen LogP contribution in [0.2, 0.25) is 0 Å². The number of amides is 1. The van der Waals surface area contributed by atoms with Crippen molar-refractivity contribution in [2.45, 2.75) is 25.7 Å². The van der Waals surface area contributed by atoms with Gasteiger partial charge < -0.3 is 19.7 Å². The van der Waals surface area contributed by atoms with Crippen molar-refractivity contribution in [2.75, 3.05) is 20.2 Å². The maximum absolute atomic E-state index is 13.9. The molecule has 1 saturated heterocycles. The van der Waals surface area contributed by atoms with E-state index in [1.165, 1.54) is 13.2 Å². The van der Waals surface area contributed by atoms with E-state index in [0.29, 0.717) is 37.1 Å². The molecule has 1 fully saturated rings. The number of hydrogen-bond donors (Lipinski definition) is 2. The summed E-state index contributed by atoms with van der Waals surface area (Å²) in [5, 5.41) is 11.5. The average molecular weight is 596 g/mol. The lowest BCUT2D eigenvalue weighted by atomic mass is 9.73. The summed E-state index contributed by atoms with van der Waals surface area (Å²) in [5.74, 6) is -2.27. The van der Waals surface area contributed by atoms with Gasteiger partial charge in [0.25, 0.3) is 0 Å². The van der Waals surface area contributed by atoms with E-state index in [1.54, 1.807) is 29.4 Å². The molecule has 5 aromatic rings. The lowest BCUT2D eigenvalue weighted by Crippen LogP contribution is -2.48. The van der Waals surface area contributed by atoms with Crippen LogP contribution in [0.3, 0.4) is 0 Å². The molecular formula is C35H31F2N3O4. The van der Waals surface area contributed by atoms with Gasteiger partial charge in [0, 0.05) is 41.5 Å². The van der Waals surface area contributed by atoms with Crippen molar-refractivity contribution in [3.05, 3.63) is 108 Å². The Bertz CT molecular complexity index is 1830. The first kappa shape index (κ1) is 29.0. The lowest BCUT2D eigenvalue weighted by Gasteiger charge is -2.40. The Kier molecular flexibility index (Phi) is 7.86. The summed E-state index contributed by atoms with van der Waals surface area (Å²) in [6, 6.07) is 20.4. The molecule has 3 heterocycles. The van der Waals surface area contributed by atoms with Crippen LogP contribution in [0.1, 0.15) is 24.0 Å². The summed E-state index contributed by atoms with van der Waals surface area (Å²) in [6.45, 7) is 0.641. The number of aromatic hydroxyl groups is 1. The van der Waals surface area contributed by atoms with E-state index in [-0.39, 0.29) is 24.5 Å².